The fourth-order valence-corrected chi connectivity index (χ4v) is 4.75. The van der Waals surface area contributed by atoms with Gasteiger partial charge in [0.2, 0.25) is 10.0 Å². The Labute approximate surface area is 182 Å². The van der Waals surface area contributed by atoms with Gasteiger partial charge in [-0.2, -0.15) is 4.31 Å². The van der Waals surface area contributed by atoms with Gasteiger partial charge >= 0.3 is 0 Å². The Kier molecular flexibility index (Phi) is 7.58. The monoisotopic (exact) mass is 452 g/mol. The Morgan fingerprint density at radius 2 is 1.80 bits per heavy atom. The molecule has 1 aliphatic heterocycles. The molecule has 9 heteroatoms. The molecule has 7 nitrogen and oxygen atoms in total. The summed E-state index contributed by atoms with van der Waals surface area (Å²) >= 11 is 6.03. The Bertz CT molecular complexity index is 960. The Balaban J connectivity index is 1.43. The van der Waals surface area contributed by atoms with Gasteiger partial charge in [-0.25, -0.2) is 8.42 Å². The maximum absolute atomic E-state index is 12.5. The molecule has 1 N–H and O–H groups in total. The van der Waals surface area contributed by atoms with Crippen LogP contribution in [0.25, 0.3) is 0 Å². The van der Waals surface area contributed by atoms with Crippen LogP contribution in [0.15, 0.2) is 53.4 Å². The van der Waals surface area contributed by atoms with E-state index in [9.17, 15) is 13.2 Å². The number of benzene rings is 2. The van der Waals surface area contributed by atoms with Crippen molar-refractivity contribution in [2.24, 2.45) is 0 Å². The van der Waals surface area contributed by atoms with Gasteiger partial charge in [0.05, 0.1) is 16.5 Å². The zero-order valence-corrected chi connectivity index (χ0v) is 18.3. The van der Waals surface area contributed by atoms with Gasteiger partial charge in [-0.3, -0.25) is 4.79 Å². The van der Waals surface area contributed by atoms with Gasteiger partial charge in [-0.1, -0.05) is 23.7 Å². The van der Waals surface area contributed by atoms with Crippen LogP contribution < -0.4 is 14.8 Å². The third-order valence-electron chi connectivity index (χ3n) is 4.71. The van der Waals surface area contributed by atoms with Crippen molar-refractivity contribution in [1.82, 2.24) is 9.62 Å². The topological polar surface area (TPSA) is 84.9 Å². The van der Waals surface area contributed by atoms with Gasteiger partial charge in [-0.05, 0) is 56.2 Å². The van der Waals surface area contributed by atoms with Crippen LogP contribution in [0.4, 0.5) is 0 Å². The van der Waals surface area contributed by atoms with Crippen molar-refractivity contribution in [2.75, 3.05) is 26.2 Å². The largest absolute Gasteiger partial charge is 0.492 e. The number of nitrogens with one attached hydrogen (secondary N) is 1. The molecule has 0 saturated carbocycles. The van der Waals surface area contributed by atoms with E-state index in [0.717, 1.165) is 12.8 Å². The first-order valence-electron chi connectivity index (χ1n) is 9.80. The SMILES string of the molecule is C[C@H](Oc1ccccc1Cl)C(=O)NCCOc1ccc(S(=O)(=O)N2CCCC2)cc1. The molecule has 162 valence electrons. The molecular formula is C21H25ClN2O5S. The summed E-state index contributed by atoms with van der Waals surface area (Å²) in [5.41, 5.74) is 0. The van der Waals surface area contributed by atoms with Gasteiger partial charge in [0, 0.05) is 13.1 Å². The highest BCUT2D eigenvalue weighted by molar-refractivity contribution is 7.89. The van der Waals surface area contributed by atoms with Gasteiger partial charge in [-0.15, -0.1) is 0 Å². The Morgan fingerprint density at radius 3 is 2.47 bits per heavy atom. The fraction of sp³-hybridized carbons (Fsp3) is 0.381. The van der Waals surface area contributed by atoms with Crippen molar-refractivity contribution in [2.45, 2.75) is 30.8 Å². The summed E-state index contributed by atoms with van der Waals surface area (Å²) in [5, 5.41) is 3.17. The average molecular weight is 453 g/mol. The molecule has 0 aromatic heterocycles. The van der Waals surface area contributed by atoms with Crippen LogP contribution in [-0.4, -0.2) is 51.0 Å². The van der Waals surface area contributed by atoms with Crippen molar-refractivity contribution in [3.63, 3.8) is 0 Å². The van der Waals surface area contributed by atoms with E-state index < -0.39 is 16.1 Å². The fourth-order valence-electron chi connectivity index (χ4n) is 3.06. The van der Waals surface area contributed by atoms with Crippen molar-refractivity contribution in [1.29, 1.82) is 0 Å². The predicted octanol–water partition coefficient (Wildman–Crippen LogP) is 3.09. The number of amides is 1. The highest BCUT2D eigenvalue weighted by atomic mass is 35.5. The lowest BCUT2D eigenvalue weighted by molar-refractivity contribution is -0.127. The number of nitrogens with zero attached hydrogens (tertiary/aromatic N) is 1. The zero-order chi connectivity index (χ0) is 21.6. The second-order valence-corrected chi connectivity index (χ2v) is 9.26. The van der Waals surface area contributed by atoms with Gasteiger partial charge in [0.25, 0.3) is 5.91 Å². The molecule has 0 spiro atoms. The molecule has 2 aromatic carbocycles. The molecule has 0 unspecified atom stereocenters. The summed E-state index contributed by atoms with van der Waals surface area (Å²) < 4.78 is 37.7. The van der Waals surface area contributed by atoms with Gasteiger partial charge < -0.3 is 14.8 Å². The van der Waals surface area contributed by atoms with Crippen LogP contribution in [0.2, 0.25) is 5.02 Å². The van der Waals surface area contributed by atoms with Crippen LogP contribution in [0.3, 0.4) is 0 Å². The minimum Gasteiger partial charge on any atom is -0.492 e. The second kappa shape index (κ2) is 10.1. The first-order chi connectivity index (χ1) is 14.4. The molecule has 1 atom stereocenters. The minimum absolute atomic E-state index is 0.239. The maximum atomic E-state index is 12.5. The first kappa shape index (κ1) is 22.4. The smallest absolute Gasteiger partial charge is 0.260 e. The molecule has 1 fully saturated rings. The molecule has 1 heterocycles. The van der Waals surface area contributed by atoms with E-state index in [1.165, 1.54) is 4.31 Å². The third kappa shape index (κ3) is 5.65. The highest BCUT2D eigenvalue weighted by Gasteiger charge is 2.26. The molecule has 1 saturated heterocycles. The van der Waals surface area contributed by atoms with Gasteiger partial charge in [0.15, 0.2) is 6.10 Å². The van der Waals surface area contributed by atoms with E-state index in [1.807, 2.05) is 0 Å². The molecule has 1 aliphatic rings. The first-order valence-corrected chi connectivity index (χ1v) is 11.6. The van der Waals surface area contributed by atoms with Crippen molar-refractivity contribution < 1.29 is 22.7 Å². The van der Waals surface area contributed by atoms with Crippen molar-refractivity contribution in [3.05, 3.63) is 53.6 Å². The van der Waals surface area contributed by atoms with Crippen LogP contribution >= 0.6 is 11.6 Å². The number of carbonyl (C=O) groups is 1. The summed E-state index contributed by atoms with van der Waals surface area (Å²) in [4.78, 5) is 12.4. The molecule has 1 amide bonds. The minimum atomic E-state index is -3.43. The summed E-state index contributed by atoms with van der Waals surface area (Å²) in [5.74, 6) is 0.692. The Hall–Kier alpha value is -2.29. The normalized spacial score (nSPS) is 15.5. The van der Waals surface area contributed by atoms with E-state index in [4.69, 9.17) is 21.1 Å². The molecule has 0 radical (unpaired) electrons. The summed E-state index contributed by atoms with van der Waals surface area (Å²) in [6.45, 7) is 3.29. The molecule has 0 aliphatic carbocycles. The standard InChI is InChI=1S/C21H25ClN2O5S/c1-16(29-20-7-3-2-6-19(20)22)21(25)23-12-15-28-17-8-10-18(11-9-17)30(26,27)24-13-4-5-14-24/h2-3,6-11,16H,4-5,12-15H2,1H3,(H,23,25)/t16-/m0/s1. The number of sulfonamides is 1. The lowest BCUT2D eigenvalue weighted by Crippen LogP contribution is -2.38. The van der Waals surface area contributed by atoms with Crippen molar-refractivity contribution >= 4 is 27.5 Å². The molecule has 3 rings (SSSR count). The molecule has 0 bridgehead atoms. The summed E-state index contributed by atoms with van der Waals surface area (Å²) in [6.07, 6.45) is 1.09. The number of para-hydroxylation sites is 1. The van der Waals surface area contributed by atoms with E-state index in [0.29, 0.717) is 29.6 Å². The quantitative estimate of drug-likeness (QED) is 0.591. The predicted molar refractivity (Wildman–Crippen MR) is 114 cm³/mol. The van der Waals surface area contributed by atoms with Crippen LogP contribution in [0.5, 0.6) is 11.5 Å². The average Bonchev–Trinajstić information content (AvgIpc) is 3.29. The van der Waals surface area contributed by atoms with E-state index in [1.54, 1.807) is 55.5 Å². The Morgan fingerprint density at radius 1 is 1.13 bits per heavy atom. The van der Waals surface area contributed by atoms with Crippen molar-refractivity contribution in [3.8, 4) is 11.5 Å². The number of hydrogen-bond donors (Lipinski definition) is 1. The number of halogens is 1. The van der Waals surface area contributed by atoms with Crippen LogP contribution in [0, 0.1) is 0 Å². The van der Waals surface area contributed by atoms with Crippen LogP contribution in [-0.2, 0) is 14.8 Å². The highest BCUT2D eigenvalue weighted by Crippen LogP contribution is 2.24. The lowest BCUT2D eigenvalue weighted by atomic mass is 10.3. The molecule has 2 aromatic rings. The number of ether oxygens (including phenoxy) is 2. The number of hydrogen-bond acceptors (Lipinski definition) is 5. The number of carbonyl (C=O) groups excluding carboxylic acids is 1. The molecule has 30 heavy (non-hydrogen) atoms. The summed E-state index contributed by atoms with van der Waals surface area (Å²) in [6, 6.07) is 13.3. The van der Waals surface area contributed by atoms with Gasteiger partial charge in [0.1, 0.15) is 18.1 Å². The van der Waals surface area contributed by atoms with E-state index >= 15 is 0 Å². The zero-order valence-electron chi connectivity index (χ0n) is 16.7. The van der Waals surface area contributed by atoms with Crippen LogP contribution in [0.1, 0.15) is 19.8 Å². The second-order valence-electron chi connectivity index (χ2n) is 6.91. The molecular weight excluding hydrogens is 428 g/mol. The number of rotatable bonds is 9. The summed E-state index contributed by atoms with van der Waals surface area (Å²) in [7, 11) is -3.43. The van der Waals surface area contributed by atoms with E-state index in [-0.39, 0.29) is 24.0 Å². The maximum Gasteiger partial charge on any atom is 0.260 e. The lowest BCUT2D eigenvalue weighted by Gasteiger charge is -2.16. The van der Waals surface area contributed by atoms with E-state index in [2.05, 4.69) is 5.32 Å². The third-order valence-corrected chi connectivity index (χ3v) is 6.93.